The summed E-state index contributed by atoms with van der Waals surface area (Å²) in [5, 5.41) is 0. The van der Waals surface area contributed by atoms with Crippen LogP contribution in [-0.4, -0.2) is 60.4 Å². The lowest BCUT2D eigenvalue weighted by atomic mass is 10.0. The summed E-state index contributed by atoms with van der Waals surface area (Å²) in [5.74, 6) is -0.00132. The van der Waals surface area contributed by atoms with E-state index in [1.165, 1.54) is 0 Å². The van der Waals surface area contributed by atoms with Gasteiger partial charge in [-0.05, 0) is 137 Å². The molecule has 0 atom stereocenters. The van der Waals surface area contributed by atoms with Crippen molar-refractivity contribution < 1.29 is 30.0 Å². The number of benzene rings is 4. The molecule has 4 aromatic rings. The maximum atomic E-state index is 13.9. The van der Waals surface area contributed by atoms with E-state index in [1.54, 1.807) is 52.0 Å². The summed E-state index contributed by atoms with van der Waals surface area (Å²) >= 11 is 0. The molecular weight excluding hydrogens is 681 g/mol. The number of anilines is 4. The zero-order chi connectivity index (χ0) is 35.0. The molecule has 3 aliphatic heterocycles. The molecule has 258 valence electrons. The van der Waals surface area contributed by atoms with Gasteiger partial charge in [-0.3, -0.25) is 13.2 Å². The van der Waals surface area contributed by atoms with Gasteiger partial charge in [0.2, 0.25) is 0 Å². The first-order valence-electron chi connectivity index (χ1n) is 16.3. The third kappa shape index (κ3) is 5.87. The first kappa shape index (κ1) is 33.8. The van der Waals surface area contributed by atoms with Gasteiger partial charge in [-0.15, -0.1) is 0 Å². The lowest BCUT2D eigenvalue weighted by Crippen LogP contribution is -2.21. The van der Waals surface area contributed by atoms with E-state index in [1.807, 2.05) is 36.4 Å². The number of fused-ring (bicyclic) bond motifs is 4. The molecule has 0 aliphatic carbocycles. The van der Waals surface area contributed by atoms with Crippen LogP contribution in [0.25, 0.3) is 0 Å². The molecule has 0 spiro atoms. The Balaban J connectivity index is 1.20. The summed E-state index contributed by atoms with van der Waals surface area (Å²) in [7, 11) is -9.33. The molecule has 0 aromatic heterocycles. The maximum absolute atomic E-state index is 13.9. The first-order valence-corrected chi connectivity index (χ1v) is 21.6. The molecule has 0 fully saturated rings. The van der Waals surface area contributed by atoms with Gasteiger partial charge in [0.15, 0.2) is 5.78 Å². The molecule has 0 unspecified atom stereocenters. The maximum Gasteiger partial charge on any atom is 0.297 e. The SMILES string of the molecule is CC(C)OS(=O)(=O)c1ccc2c(c1)CCN2c1ccc2c(c1)S(C)(C)c1cc(N3CCc4cc(S(=O)(=O)OC(C)C)ccc43)ccc1C2=O. The average molecular weight is 721 g/mol. The van der Waals surface area contributed by atoms with Crippen LogP contribution < -0.4 is 9.80 Å². The fourth-order valence-electron chi connectivity index (χ4n) is 7.06. The molecule has 9 nitrogen and oxygen atoms in total. The van der Waals surface area contributed by atoms with Crippen LogP contribution >= 0.6 is 10.0 Å². The molecule has 3 heterocycles. The predicted molar refractivity (Wildman–Crippen MR) is 193 cm³/mol. The molecule has 49 heavy (non-hydrogen) atoms. The van der Waals surface area contributed by atoms with E-state index >= 15 is 0 Å². The largest absolute Gasteiger partial charge is 0.341 e. The van der Waals surface area contributed by atoms with Gasteiger partial charge in [-0.1, -0.05) is 0 Å². The molecule has 7 rings (SSSR count). The fraction of sp³-hybridized carbons (Fsp3) is 0.324. The third-order valence-electron chi connectivity index (χ3n) is 9.25. The van der Waals surface area contributed by atoms with Crippen LogP contribution in [0.1, 0.15) is 54.7 Å². The minimum absolute atomic E-state index is 0.00132. The summed E-state index contributed by atoms with van der Waals surface area (Å²) < 4.78 is 61.3. The second-order valence-corrected chi connectivity index (χ2v) is 20.3. The van der Waals surface area contributed by atoms with Gasteiger partial charge in [0.25, 0.3) is 20.2 Å². The van der Waals surface area contributed by atoms with E-state index in [0.717, 1.165) is 43.7 Å². The van der Waals surface area contributed by atoms with Gasteiger partial charge in [0, 0.05) is 56.8 Å². The molecule has 12 heteroatoms. The Morgan fingerprint density at radius 1 is 0.612 bits per heavy atom. The van der Waals surface area contributed by atoms with E-state index in [-0.39, 0.29) is 15.6 Å². The Labute approximate surface area is 290 Å². The molecule has 0 N–H and O–H groups in total. The number of ketones is 1. The highest BCUT2D eigenvalue weighted by Gasteiger charge is 2.36. The smallest absolute Gasteiger partial charge is 0.297 e. The van der Waals surface area contributed by atoms with Gasteiger partial charge >= 0.3 is 0 Å². The van der Waals surface area contributed by atoms with Crippen molar-refractivity contribution in [2.45, 2.75) is 72.3 Å². The number of carbonyl (C=O) groups excluding carboxylic acids is 1. The number of hydrogen-bond donors (Lipinski definition) is 0. The Morgan fingerprint density at radius 2 is 1.02 bits per heavy atom. The van der Waals surface area contributed by atoms with Crippen LogP contribution in [0.3, 0.4) is 0 Å². The molecule has 0 amide bonds. The summed E-state index contributed by atoms with van der Waals surface area (Å²) in [5.41, 5.74) is 7.10. The minimum Gasteiger partial charge on any atom is -0.341 e. The Bertz CT molecular complexity index is 2090. The van der Waals surface area contributed by atoms with Crippen LogP contribution in [0.15, 0.2) is 92.4 Å². The van der Waals surface area contributed by atoms with Gasteiger partial charge in [-0.2, -0.15) is 26.9 Å². The van der Waals surface area contributed by atoms with Gasteiger partial charge in [0.1, 0.15) is 0 Å². The number of nitrogens with zero attached hydrogens (tertiary/aromatic N) is 2. The number of carbonyl (C=O) groups is 1. The van der Waals surface area contributed by atoms with Crippen LogP contribution in [0.4, 0.5) is 22.7 Å². The van der Waals surface area contributed by atoms with Crippen LogP contribution in [0.5, 0.6) is 0 Å². The van der Waals surface area contributed by atoms with E-state index < -0.39 is 42.5 Å². The lowest BCUT2D eigenvalue weighted by Gasteiger charge is -2.40. The van der Waals surface area contributed by atoms with Crippen molar-refractivity contribution in [1.82, 2.24) is 0 Å². The minimum atomic E-state index is -3.85. The first-order chi connectivity index (χ1) is 23.1. The normalized spacial score (nSPS) is 17.3. The van der Waals surface area contributed by atoms with E-state index in [4.69, 9.17) is 8.37 Å². The zero-order valence-corrected chi connectivity index (χ0v) is 30.8. The molecule has 0 bridgehead atoms. The molecule has 0 saturated heterocycles. The van der Waals surface area contributed by atoms with E-state index in [2.05, 4.69) is 34.4 Å². The Morgan fingerprint density at radius 3 is 1.41 bits per heavy atom. The highest BCUT2D eigenvalue weighted by molar-refractivity contribution is 8.33. The van der Waals surface area contributed by atoms with Crippen molar-refractivity contribution in [3.05, 3.63) is 95.1 Å². The van der Waals surface area contributed by atoms with Crippen molar-refractivity contribution in [2.75, 3.05) is 35.4 Å². The summed E-state index contributed by atoms with van der Waals surface area (Å²) in [6, 6.07) is 22.4. The summed E-state index contributed by atoms with van der Waals surface area (Å²) in [6.07, 6.45) is 4.92. The van der Waals surface area contributed by atoms with Crippen LogP contribution in [0, 0.1) is 0 Å². The lowest BCUT2D eigenvalue weighted by molar-refractivity contribution is 0.103. The van der Waals surface area contributed by atoms with Crippen molar-refractivity contribution in [3.63, 3.8) is 0 Å². The highest BCUT2D eigenvalue weighted by Crippen LogP contribution is 2.63. The average Bonchev–Trinajstić information content (AvgIpc) is 3.66. The zero-order valence-electron chi connectivity index (χ0n) is 28.4. The summed E-state index contributed by atoms with van der Waals surface area (Å²) in [4.78, 5) is 20.6. The molecule has 0 radical (unpaired) electrons. The second kappa shape index (κ2) is 12.0. The Hall–Kier alpha value is -3.68. The predicted octanol–water partition coefficient (Wildman–Crippen LogP) is 7.33. The quantitative estimate of drug-likeness (QED) is 0.173. The molecule has 3 aliphatic rings. The van der Waals surface area contributed by atoms with Crippen molar-refractivity contribution >= 4 is 58.8 Å². The van der Waals surface area contributed by atoms with Gasteiger partial charge in [0.05, 0.1) is 22.0 Å². The van der Waals surface area contributed by atoms with Crippen molar-refractivity contribution in [2.24, 2.45) is 0 Å². The van der Waals surface area contributed by atoms with Crippen molar-refractivity contribution in [1.29, 1.82) is 0 Å². The molecule has 4 aromatic carbocycles. The topological polar surface area (TPSA) is 110 Å². The molecule has 0 saturated carbocycles. The van der Waals surface area contributed by atoms with Crippen LogP contribution in [-0.2, 0) is 41.4 Å². The van der Waals surface area contributed by atoms with E-state index in [0.29, 0.717) is 37.1 Å². The Kier molecular flexibility index (Phi) is 8.26. The third-order valence-corrected chi connectivity index (χ3v) is 15.1. The van der Waals surface area contributed by atoms with E-state index in [9.17, 15) is 21.6 Å². The standard InChI is InChI=1S/C37H40N2O7S3/c1-23(2)45-48(41,42)29-9-13-33-25(19-29)15-17-38(33)27-7-11-31-35(21-27)47(5,6)36-22-28(8-12-32(36)37(31)40)39-18-16-26-20-30(10-14-34(26)39)49(43,44)46-24(3)4/h7-14,19-24H,15-18H2,1-6H3. The highest BCUT2D eigenvalue weighted by atomic mass is 32.3. The fourth-order valence-corrected chi connectivity index (χ4v) is 11.8. The van der Waals surface area contributed by atoms with Gasteiger partial charge in [-0.25, -0.2) is 0 Å². The van der Waals surface area contributed by atoms with Gasteiger partial charge < -0.3 is 9.80 Å². The molecular formula is C37H40N2O7S3. The number of rotatable bonds is 8. The van der Waals surface area contributed by atoms with Crippen molar-refractivity contribution in [3.8, 4) is 0 Å². The monoisotopic (exact) mass is 720 g/mol. The van der Waals surface area contributed by atoms with Crippen LogP contribution in [0.2, 0.25) is 0 Å². The second-order valence-electron chi connectivity index (χ2n) is 13.6. The summed E-state index contributed by atoms with van der Waals surface area (Å²) in [6.45, 7) is 8.15. The number of hydrogen-bond acceptors (Lipinski definition) is 9.